The van der Waals surface area contributed by atoms with Crippen LogP contribution in [0.1, 0.15) is 99.3 Å². The number of rotatable bonds is 11. The number of nitrogens with one attached hydrogen (secondary N) is 1. The average molecular weight is 260 g/mol. The Labute approximate surface area is 118 Å². The van der Waals surface area contributed by atoms with E-state index in [1.54, 1.807) is 0 Å². The first-order valence-electron chi connectivity index (χ1n) is 8.62. The van der Waals surface area contributed by atoms with Gasteiger partial charge in [0.1, 0.15) is 0 Å². The normalized spacial score (nSPS) is 9.00. The van der Waals surface area contributed by atoms with Gasteiger partial charge in [0.15, 0.2) is 0 Å². The second kappa shape index (κ2) is 30.2. The largest absolute Gasteiger partial charge is 0.317 e. The fourth-order valence-electron chi connectivity index (χ4n) is 1.69. The maximum absolute atomic E-state index is 3.45. The van der Waals surface area contributed by atoms with Crippen molar-refractivity contribution in [1.82, 2.24) is 5.32 Å². The van der Waals surface area contributed by atoms with Crippen molar-refractivity contribution in [2.45, 2.75) is 99.3 Å². The fraction of sp³-hybridized carbons (Fsp3) is 1.00. The van der Waals surface area contributed by atoms with Crippen LogP contribution < -0.4 is 5.32 Å². The van der Waals surface area contributed by atoms with Crippen molar-refractivity contribution in [2.75, 3.05) is 13.1 Å². The summed E-state index contributed by atoms with van der Waals surface area (Å²) in [6, 6.07) is 0. The minimum atomic E-state index is 1.19. The van der Waals surface area contributed by atoms with Crippen molar-refractivity contribution in [3.8, 4) is 0 Å². The summed E-state index contributed by atoms with van der Waals surface area (Å²) in [4.78, 5) is 0. The zero-order valence-electron chi connectivity index (χ0n) is 14.3. The van der Waals surface area contributed by atoms with Crippen molar-refractivity contribution in [2.24, 2.45) is 0 Å². The summed E-state index contributed by atoms with van der Waals surface area (Å²) in [5.74, 6) is 0. The molecule has 1 nitrogen and oxygen atoms in total. The first-order chi connectivity index (χ1) is 8.91. The summed E-state index contributed by atoms with van der Waals surface area (Å²) >= 11 is 0. The second-order valence-corrected chi connectivity index (χ2v) is 4.22. The molecule has 0 fully saturated rings. The van der Waals surface area contributed by atoms with Gasteiger partial charge in [0.2, 0.25) is 0 Å². The van der Waals surface area contributed by atoms with Gasteiger partial charge in [-0.1, -0.05) is 86.5 Å². The van der Waals surface area contributed by atoms with Crippen LogP contribution in [0.4, 0.5) is 0 Å². The highest BCUT2D eigenvalue weighted by Gasteiger charge is 1.90. The molecule has 1 N–H and O–H groups in total. The molecule has 0 aliphatic heterocycles. The second-order valence-electron chi connectivity index (χ2n) is 4.22. The lowest BCUT2D eigenvalue weighted by molar-refractivity contribution is 0.554. The molecule has 0 atom stereocenters. The molecule has 0 aromatic heterocycles. The molecule has 0 saturated heterocycles. The Bertz CT molecular complexity index is 79.6. The van der Waals surface area contributed by atoms with Crippen molar-refractivity contribution < 1.29 is 0 Å². The van der Waals surface area contributed by atoms with E-state index >= 15 is 0 Å². The first-order valence-corrected chi connectivity index (χ1v) is 8.62. The SMILES string of the molecule is CC.CC.CCCCCCCCCCNCCC. The van der Waals surface area contributed by atoms with E-state index in [0.717, 1.165) is 0 Å². The predicted molar refractivity (Wildman–Crippen MR) is 88.5 cm³/mol. The molecule has 0 aliphatic rings. The van der Waals surface area contributed by atoms with Crippen LogP contribution in [0.15, 0.2) is 0 Å². The van der Waals surface area contributed by atoms with Gasteiger partial charge in [-0.2, -0.15) is 0 Å². The van der Waals surface area contributed by atoms with Crippen molar-refractivity contribution in [3.05, 3.63) is 0 Å². The van der Waals surface area contributed by atoms with Crippen LogP contribution in [0, 0.1) is 0 Å². The lowest BCUT2D eigenvalue weighted by Gasteiger charge is -2.03. The molecule has 0 radical (unpaired) electrons. The molecule has 1 heteroatoms. The average Bonchev–Trinajstić information content (AvgIpc) is 2.45. The molecule has 0 bridgehead atoms. The molecule has 0 aliphatic carbocycles. The molecule has 0 aromatic rings. The van der Waals surface area contributed by atoms with Crippen molar-refractivity contribution in [3.63, 3.8) is 0 Å². The maximum Gasteiger partial charge on any atom is -0.00489 e. The molecule has 0 saturated carbocycles. The van der Waals surface area contributed by atoms with Gasteiger partial charge >= 0.3 is 0 Å². The third-order valence-corrected chi connectivity index (χ3v) is 2.63. The Kier molecular flexibility index (Phi) is 38.7. The summed E-state index contributed by atoms with van der Waals surface area (Å²) < 4.78 is 0. The Morgan fingerprint density at radius 2 is 0.944 bits per heavy atom. The van der Waals surface area contributed by atoms with Gasteiger partial charge in [-0.3, -0.25) is 0 Å². The van der Waals surface area contributed by atoms with Crippen LogP contribution in [0.25, 0.3) is 0 Å². The molecule has 0 heterocycles. The maximum atomic E-state index is 3.45. The lowest BCUT2D eigenvalue weighted by atomic mass is 10.1. The van der Waals surface area contributed by atoms with Gasteiger partial charge < -0.3 is 5.32 Å². The summed E-state index contributed by atoms with van der Waals surface area (Å²) in [5, 5.41) is 3.45. The summed E-state index contributed by atoms with van der Waals surface area (Å²) in [6.07, 6.45) is 12.6. The molecular formula is C17H41N. The first kappa shape index (κ1) is 23.1. The molecule has 0 amide bonds. The Morgan fingerprint density at radius 1 is 0.500 bits per heavy atom. The monoisotopic (exact) mass is 259 g/mol. The molecule has 114 valence electrons. The number of hydrogen-bond acceptors (Lipinski definition) is 1. The van der Waals surface area contributed by atoms with Gasteiger partial charge in [0.05, 0.1) is 0 Å². The molecule has 18 heavy (non-hydrogen) atoms. The third-order valence-electron chi connectivity index (χ3n) is 2.63. The van der Waals surface area contributed by atoms with Gasteiger partial charge in [-0.05, 0) is 25.9 Å². The molecule has 0 aromatic carbocycles. The van der Waals surface area contributed by atoms with Crippen molar-refractivity contribution >= 4 is 0 Å². The van der Waals surface area contributed by atoms with Gasteiger partial charge in [0.25, 0.3) is 0 Å². The van der Waals surface area contributed by atoms with E-state index in [0.29, 0.717) is 0 Å². The predicted octanol–water partition coefficient (Wildman–Crippen LogP) is 6.18. The van der Waals surface area contributed by atoms with Crippen LogP contribution in [0.5, 0.6) is 0 Å². The van der Waals surface area contributed by atoms with Crippen LogP contribution >= 0.6 is 0 Å². The van der Waals surface area contributed by atoms with E-state index in [2.05, 4.69) is 19.2 Å². The molecular weight excluding hydrogens is 218 g/mol. The number of hydrogen-bond donors (Lipinski definition) is 1. The molecule has 0 unspecified atom stereocenters. The number of unbranched alkanes of at least 4 members (excludes halogenated alkanes) is 7. The zero-order chi connectivity index (χ0) is 14.5. The summed E-state index contributed by atoms with van der Waals surface area (Å²) in [5.41, 5.74) is 0. The topological polar surface area (TPSA) is 12.0 Å². The fourth-order valence-corrected chi connectivity index (χ4v) is 1.69. The summed E-state index contributed by atoms with van der Waals surface area (Å²) in [7, 11) is 0. The lowest BCUT2D eigenvalue weighted by Crippen LogP contribution is -2.15. The Balaban J connectivity index is -0.000000506. The van der Waals surface area contributed by atoms with E-state index < -0.39 is 0 Å². The highest BCUT2D eigenvalue weighted by molar-refractivity contribution is 4.49. The quantitative estimate of drug-likeness (QED) is 0.437. The smallest absolute Gasteiger partial charge is 0.00489 e. The van der Waals surface area contributed by atoms with Gasteiger partial charge in [-0.15, -0.1) is 0 Å². The standard InChI is InChI=1S/C13H29N.2C2H6/c1-3-5-6-7-8-9-10-11-13-14-12-4-2;2*1-2/h14H,3-13H2,1-2H3;2*1-2H3. The van der Waals surface area contributed by atoms with Gasteiger partial charge in [-0.25, -0.2) is 0 Å². The minimum absolute atomic E-state index is 1.19. The van der Waals surface area contributed by atoms with Crippen LogP contribution in [-0.4, -0.2) is 13.1 Å². The minimum Gasteiger partial charge on any atom is -0.317 e. The van der Waals surface area contributed by atoms with Crippen LogP contribution in [-0.2, 0) is 0 Å². The Hall–Kier alpha value is -0.0400. The highest BCUT2D eigenvalue weighted by Crippen LogP contribution is 2.07. The third kappa shape index (κ3) is 29.7. The highest BCUT2D eigenvalue weighted by atomic mass is 14.8. The Morgan fingerprint density at radius 3 is 1.39 bits per heavy atom. The van der Waals surface area contributed by atoms with Crippen LogP contribution in [0.2, 0.25) is 0 Å². The van der Waals surface area contributed by atoms with Gasteiger partial charge in [0, 0.05) is 0 Å². The molecule has 0 spiro atoms. The van der Waals surface area contributed by atoms with E-state index in [-0.39, 0.29) is 0 Å². The van der Waals surface area contributed by atoms with E-state index in [9.17, 15) is 0 Å². The van der Waals surface area contributed by atoms with E-state index in [4.69, 9.17) is 0 Å². The van der Waals surface area contributed by atoms with Crippen molar-refractivity contribution in [1.29, 1.82) is 0 Å². The zero-order valence-corrected chi connectivity index (χ0v) is 14.3. The molecule has 0 rings (SSSR count). The van der Waals surface area contributed by atoms with E-state index in [1.165, 1.54) is 70.9 Å². The van der Waals surface area contributed by atoms with E-state index in [1.807, 2.05) is 27.7 Å². The summed E-state index contributed by atoms with van der Waals surface area (Å²) in [6.45, 7) is 14.9. The van der Waals surface area contributed by atoms with Crippen LogP contribution in [0.3, 0.4) is 0 Å².